The van der Waals surface area contributed by atoms with Crippen molar-refractivity contribution in [3.63, 3.8) is 0 Å². The van der Waals surface area contributed by atoms with Crippen LogP contribution in [0.3, 0.4) is 0 Å². The Kier molecular flexibility index (Phi) is 3.72. The van der Waals surface area contributed by atoms with Crippen molar-refractivity contribution in [3.05, 3.63) is 21.1 Å². The molecule has 0 unspecified atom stereocenters. The molecule has 0 radical (unpaired) electrons. The standard InChI is InChI=1S/C8H11ClN2S/c1-6(4-10-2)3-8-11-5-7(9)12-8/h3,5,10H,4H2,1-2H3/b6-3+. The molecule has 1 heterocycles. The van der Waals surface area contributed by atoms with Crippen LogP contribution in [0.15, 0.2) is 11.8 Å². The molecule has 2 nitrogen and oxygen atoms in total. The topological polar surface area (TPSA) is 24.9 Å². The van der Waals surface area contributed by atoms with Crippen LogP contribution in [0.4, 0.5) is 0 Å². The fourth-order valence-corrected chi connectivity index (χ4v) is 1.83. The van der Waals surface area contributed by atoms with Gasteiger partial charge in [-0.15, -0.1) is 11.3 Å². The van der Waals surface area contributed by atoms with Gasteiger partial charge in [-0.1, -0.05) is 17.2 Å². The van der Waals surface area contributed by atoms with Gasteiger partial charge >= 0.3 is 0 Å². The Bertz CT molecular complexity index is 280. The summed E-state index contributed by atoms with van der Waals surface area (Å²) in [5, 5.41) is 4.04. The summed E-state index contributed by atoms with van der Waals surface area (Å²) in [7, 11) is 1.92. The summed E-state index contributed by atoms with van der Waals surface area (Å²) in [5.74, 6) is 0. The van der Waals surface area contributed by atoms with Gasteiger partial charge in [0.25, 0.3) is 0 Å². The molecular formula is C8H11ClN2S. The molecule has 1 aromatic rings. The predicted molar refractivity (Wildman–Crippen MR) is 54.7 cm³/mol. The van der Waals surface area contributed by atoms with Gasteiger partial charge in [-0.05, 0) is 20.0 Å². The molecule has 0 aromatic carbocycles. The smallest absolute Gasteiger partial charge is 0.117 e. The second-order valence-electron chi connectivity index (χ2n) is 2.52. The van der Waals surface area contributed by atoms with Crippen molar-refractivity contribution in [2.24, 2.45) is 0 Å². The van der Waals surface area contributed by atoms with Crippen molar-refractivity contribution in [1.29, 1.82) is 0 Å². The van der Waals surface area contributed by atoms with Gasteiger partial charge in [0, 0.05) is 6.54 Å². The van der Waals surface area contributed by atoms with Crippen molar-refractivity contribution in [3.8, 4) is 0 Å². The van der Waals surface area contributed by atoms with E-state index in [9.17, 15) is 0 Å². The monoisotopic (exact) mass is 202 g/mol. The molecule has 0 saturated heterocycles. The summed E-state index contributed by atoms with van der Waals surface area (Å²) in [6.45, 7) is 2.95. The first kappa shape index (κ1) is 9.71. The molecule has 0 amide bonds. The highest BCUT2D eigenvalue weighted by atomic mass is 35.5. The fourth-order valence-electron chi connectivity index (χ4n) is 0.874. The van der Waals surface area contributed by atoms with E-state index >= 15 is 0 Å². The lowest BCUT2D eigenvalue weighted by Gasteiger charge is -1.96. The Morgan fingerprint density at radius 1 is 1.83 bits per heavy atom. The lowest BCUT2D eigenvalue weighted by molar-refractivity contribution is 0.884. The molecule has 0 aliphatic rings. The Morgan fingerprint density at radius 3 is 3.08 bits per heavy atom. The van der Waals surface area contributed by atoms with Crippen LogP contribution >= 0.6 is 22.9 Å². The lowest BCUT2D eigenvalue weighted by atomic mass is 10.3. The minimum Gasteiger partial charge on any atom is -0.316 e. The Morgan fingerprint density at radius 2 is 2.58 bits per heavy atom. The fraction of sp³-hybridized carbons (Fsp3) is 0.375. The quantitative estimate of drug-likeness (QED) is 0.815. The van der Waals surface area contributed by atoms with Crippen LogP contribution < -0.4 is 5.32 Å². The third kappa shape index (κ3) is 2.93. The lowest BCUT2D eigenvalue weighted by Crippen LogP contribution is -2.08. The summed E-state index contributed by atoms with van der Waals surface area (Å²) < 4.78 is 0.735. The van der Waals surface area contributed by atoms with Crippen LogP contribution in [0.1, 0.15) is 11.9 Å². The van der Waals surface area contributed by atoms with Gasteiger partial charge in [-0.3, -0.25) is 0 Å². The number of nitrogens with zero attached hydrogens (tertiary/aromatic N) is 1. The summed E-state index contributed by atoms with van der Waals surface area (Å²) in [5.41, 5.74) is 1.25. The predicted octanol–water partition coefficient (Wildman–Crippen LogP) is 2.42. The normalized spacial score (nSPS) is 12.1. The number of thiazole rings is 1. The molecule has 0 spiro atoms. The van der Waals surface area contributed by atoms with E-state index in [4.69, 9.17) is 11.6 Å². The first-order valence-corrected chi connectivity index (χ1v) is 4.85. The van der Waals surface area contributed by atoms with E-state index in [0.717, 1.165) is 15.9 Å². The van der Waals surface area contributed by atoms with E-state index in [1.165, 1.54) is 16.9 Å². The highest BCUT2D eigenvalue weighted by molar-refractivity contribution is 7.16. The van der Waals surface area contributed by atoms with E-state index in [-0.39, 0.29) is 0 Å². The van der Waals surface area contributed by atoms with Crippen molar-refractivity contribution >= 4 is 29.0 Å². The Hall–Kier alpha value is -0.380. The SMILES string of the molecule is CNC/C(C)=C/c1ncc(Cl)s1. The molecule has 66 valence electrons. The molecular weight excluding hydrogens is 192 g/mol. The van der Waals surface area contributed by atoms with E-state index < -0.39 is 0 Å². The molecule has 12 heavy (non-hydrogen) atoms. The second kappa shape index (κ2) is 4.60. The number of likely N-dealkylation sites (N-methyl/N-ethyl adjacent to an activating group) is 1. The number of aromatic nitrogens is 1. The highest BCUT2D eigenvalue weighted by Crippen LogP contribution is 2.20. The molecule has 0 bridgehead atoms. The van der Waals surface area contributed by atoms with Crippen molar-refractivity contribution in [1.82, 2.24) is 10.3 Å². The average molecular weight is 203 g/mol. The van der Waals surface area contributed by atoms with Gasteiger partial charge in [0.15, 0.2) is 0 Å². The maximum absolute atomic E-state index is 5.73. The second-order valence-corrected chi connectivity index (χ2v) is 4.22. The van der Waals surface area contributed by atoms with E-state index in [0.29, 0.717) is 0 Å². The molecule has 1 aromatic heterocycles. The zero-order valence-corrected chi connectivity index (χ0v) is 8.67. The van der Waals surface area contributed by atoms with Crippen LogP contribution in [-0.4, -0.2) is 18.6 Å². The number of halogens is 1. The van der Waals surface area contributed by atoms with Crippen LogP contribution in [-0.2, 0) is 0 Å². The van der Waals surface area contributed by atoms with Gasteiger partial charge in [-0.2, -0.15) is 0 Å². The maximum atomic E-state index is 5.73. The van der Waals surface area contributed by atoms with E-state index in [1.807, 2.05) is 13.1 Å². The molecule has 0 atom stereocenters. The minimum absolute atomic E-state index is 0.735. The molecule has 0 fully saturated rings. The van der Waals surface area contributed by atoms with Crippen molar-refractivity contribution < 1.29 is 0 Å². The Balaban J connectivity index is 2.67. The van der Waals surface area contributed by atoms with Gasteiger partial charge in [0.2, 0.25) is 0 Å². The van der Waals surface area contributed by atoms with Gasteiger partial charge in [-0.25, -0.2) is 4.98 Å². The zero-order valence-electron chi connectivity index (χ0n) is 7.10. The van der Waals surface area contributed by atoms with E-state index in [2.05, 4.69) is 17.2 Å². The number of hydrogen-bond donors (Lipinski definition) is 1. The van der Waals surface area contributed by atoms with E-state index in [1.54, 1.807) is 6.20 Å². The maximum Gasteiger partial charge on any atom is 0.117 e. The average Bonchev–Trinajstić information content (AvgIpc) is 2.36. The Labute approximate surface area is 81.3 Å². The minimum atomic E-state index is 0.735. The highest BCUT2D eigenvalue weighted by Gasteiger charge is 1.96. The first-order chi connectivity index (χ1) is 5.72. The van der Waals surface area contributed by atoms with Gasteiger partial charge in [0.05, 0.1) is 6.20 Å². The molecule has 0 saturated carbocycles. The number of rotatable bonds is 3. The van der Waals surface area contributed by atoms with Crippen LogP contribution in [0, 0.1) is 0 Å². The first-order valence-electron chi connectivity index (χ1n) is 3.65. The summed E-state index contributed by atoms with van der Waals surface area (Å²) in [6, 6.07) is 0. The number of nitrogens with one attached hydrogen (secondary N) is 1. The molecule has 1 N–H and O–H groups in total. The van der Waals surface area contributed by atoms with Gasteiger partial charge in [0.1, 0.15) is 9.34 Å². The van der Waals surface area contributed by atoms with Crippen molar-refractivity contribution in [2.45, 2.75) is 6.92 Å². The summed E-state index contributed by atoms with van der Waals surface area (Å²) in [4.78, 5) is 4.12. The van der Waals surface area contributed by atoms with Gasteiger partial charge < -0.3 is 5.32 Å². The summed E-state index contributed by atoms with van der Waals surface area (Å²) >= 11 is 7.22. The molecule has 0 aliphatic heterocycles. The number of hydrogen-bond acceptors (Lipinski definition) is 3. The summed E-state index contributed by atoms with van der Waals surface area (Å²) in [6.07, 6.45) is 3.71. The largest absolute Gasteiger partial charge is 0.316 e. The van der Waals surface area contributed by atoms with Crippen LogP contribution in [0.25, 0.3) is 6.08 Å². The van der Waals surface area contributed by atoms with Crippen LogP contribution in [0.5, 0.6) is 0 Å². The van der Waals surface area contributed by atoms with Crippen molar-refractivity contribution in [2.75, 3.05) is 13.6 Å². The van der Waals surface area contributed by atoms with Crippen LogP contribution in [0.2, 0.25) is 4.34 Å². The molecule has 0 aliphatic carbocycles. The third-order valence-corrected chi connectivity index (χ3v) is 2.38. The molecule has 4 heteroatoms. The third-order valence-electron chi connectivity index (χ3n) is 1.32. The zero-order chi connectivity index (χ0) is 8.97. The molecule has 1 rings (SSSR count).